The fourth-order valence-electron chi connectivity index (χ4n) is 2.51. The van der Waals surface area contributed by atoms with E-state index in [2.05, 4.69) is 41.1 Å². The third-order valence-electron chi connectivity index (χ3n) is 3.88. The van der Waals surface area contributed by atoms with Crippen molar-refractivity contribution in [3.63, 3.8) is 0 Å². The molecule has 4 nitrogen and oxygen atoms in total. The van der Waals surface area contributed by atoms with E-state index in [0.717, 1.165) is 19.8 Å². The van der Waals surface area contributed by atoms with E-state index in [1.165, 1.54) is 5.56 Å². The minimum absolute atomic E-state index is 0.105. The molecule has 2 atom stereocenters. The zero-order valence-corrected chi connectivity index (χ0v) is 16.4. The lowest BCUT2D eigenvalue weighted by atomic mass is 9.99. The van der Waals surface area contributed by atoms with Crippen molar-refractivity contribution in [2.75, 3.05) is 26.4 Å². The third kappa shape index (κ3) is 9.24. The van der Waals surface area contributed by atoms with Gasteiger partial charge < -0.3 is 19.2 Å². The Morgan fingerprint density at radius 1 is 0.857 bits per heavy atom. The van der Waals surface area contributed by atoms with Gasteiger partial charge in [0.2, 0.25) is 0 Å². The molecule has 4 rings (SSSR count). The minimum Gasteiger partial charge on any atom is -0.537 e. The maximum atomic E-state index is 8.17. The molecule has 0 saturated heterocycles. The van der Waals surface area contributed by atoms with E-state index in [4.69, 9.17) is 26.1 Å². The summed E-state index contributed by atoms with van der Waals surface area (Å²) >= 11 is 5.60. The molecule has 2 aromatic carbocycles. The van der Waals surface area contributed by atoms with E-state index in [9.17, 15) is 0 Å². The van der Waals surface area contributed by atoms with Crippen LogP contribution in [-0.4, -0.2) is 44.5 Å². The van der Waals surface area contributed by atoms with Crippen LogP contribution >= 0.6 is 11.6 Å². The van der Waals surface area contributed by atoms with Gasteiger partial charge in [0.05, 0.1) is 37.6 Å². The summed E-state index contributed by atoms with van der Waals surface area (Å²) in [5.41, 5.74) is 1.34. The summed E-state index contributed by atoms with van der Waals surface area (Å²) in [5.74, 6) is 1.10. The molecular weight excluding hydrogens is 375 g/mol. The van der Waals surface area contributed by atoms with Crippen LogP contribution in [0.15, 0.2) is 85.0 Å². The quantitative estimate of drug-likeness (QED) is 0.479. The van der Waals surface area contributed by atoms with E-state index < -0.39 is 0 Å². The van der Waals surface area contributed by atoms with Gasteiger partial charge in [-0.2, -0.15) is 0 Å². The van der Waals surface area contributed by atoms with Gasteiger partial charge in [-0.15, -0.1) is 11.6 Å². The Morgan fingerprint density at radius 3 is 1.93 bits per heavy atom. The van der Waals surface area contributed by atoms with Crippen molar-refractivity contribution in [3.8, 4) is 5.75 Å². The molecule has 147 valence electrons. The van der Waals surface area contributed by atoms with Crippen LogP contribution in [0.1, 0.15) is 11.5 Å². The van der Waals surface area contributed by atoms with Gasteiger partial charge >= 0.3 is 7.69 Å². The van der Waals surface area contributed by atoms with Crippen molar-refractivity contribution in [2.24, 2.45) is 0 Å². The highest BCUT2D eigenvalue weighted by atomic mass is 35.5. The first-order valence-electron chi connectivity index (χ1n) is 9.15. The standard InChI is InChI=1S/C11H12O.C6H6BO2.C5H7ClO/c1-2-5-10(6-3-1)11-7-4-8-12-9-11;8-7-9-6-4-2-1-3-5-6;6-5-2-1-3-7-4-5/h1-7,11H,8-9H2;1-5,8H;1-2,5H,3-4H2/t11-;;/m1../s1. The Balaban J connectivity index is 0.000000157. The predicted octanol–water partition coefficient (Wildman–Crippen LogP) is 4.13. The minimum atomic E-state index is 0.105. The molecule has 2 aromatic rings. The molecule has 2 aliphatic heterocycles. The number of para-hydroxylation sites is 1. The molecule has 0 fully saturated rings. The third-order valence-corrected chi connectivity index (χ3v) is 4.15. The van der Waals surface area contributed by atoms with Crippen LogP contribution in [0.3, 0.4) is 0 Å². The summed E-state index contributed by atoms with van der Waals surface area (Å²) < 4.78 is 14.9. The molecule has 0 saturated carbocycles. The van der Waals surface area contributed by atoms with Crippen LogP contribution in [0.4, 0.5) is 0 Å². The van der Waals surface area contributed by atoms with Crippen molar-refractivity contribution in [1.82, 2.24) is 0 Å². The Labute approximate surface area is 172 Å². The van der Waals surface area contributed by atoms with Crippen molar-refractivity contribution < 1.29 is 19.2 Å². The first-order chi connectivity index (χ1) is 13.8. The highest BCUT2D eigenvalue weighted by Gasteiger charge is 2.09. The summed E-state index contributed by atoms with van der Waals surface area (Å²) in [6.07, 6.45) is 8.19. The maximum Gasteiger partial charge on any atom is 0.569 e. The molecule has 6 heteroatoms. The summed E-state index contributed by atoms with van der Waals surface area (Å²) in [4.78, 5) is 0. The number of ether oxygens (including phenoxy) is 2. The predicted molar refractivity (Wildman–Crippen MR) is 114 cm³/mol. The number of hydrogen-bond acceptors (Lipinski definition) is 4. The topological polar surface area (TPSA) is 47.9 Å². The van der Waals surface area contributed by atoms with Gasteiger partial charge in [-0.25, -0.2) is 0 Å². The fraction of sp³-hybridized carbons (Fsp3) is 0.273. The molecule has 0 aromatic heterocycles. The van der Waals surface area contributed by atoms with Crippen LogP contribution in [0, 0.1) is 0 Å². The van der Waals surface area contributed by atoms with Crippen LogP contribution < -0.4 is 4.65 Å². The molecule has 0 amide bonds. The van der Waals surface area contributed by atoms with Crippen LogP contribution in [0.25, 0.3) is 0 Å². The monoisotopic (exact) mass is 399 g/mol. The second-order valence-corrected chi connectivity index (χ2v) is 6.56. The molecular formula is C22H25BClO4. The number of benzene rings is 2. The Hall–Kier alpha value is -2.05. The Morgan fingerprint density at radius 2 is 1.46 bits per heavy atom. The lowest BCUT2D eigenvalue weighted by Crippen LogP contribution is -2.10. The molecule has 2 heterocycles. The van der Waals surface area contributed by atoms with Gasteiger partial charge in [0.1, 0.15) is 0 Å². The highest BCUT2D eigenvalue weighted by molar-refractivity contribution is 6.21. The van der Waals surface area contributed by atoms with Crippen LogP contribution in [0.2, 0.25) is 0 Å². The Bertz CT molecular complexity index is 694. The lowest BCUT2D eigenvalue weighted by molar-refractivity contribution is 0.146. The molecule has 0 spiro atoms. The molecule has 0 aliphatic carbocycles. The number of rotatable bonds is 3. The maximum absolute atomic E-state index is 8.17. The van der Waals surface area contributed by atoms with Crippen molar-refractivity contribution in [3.05, 3.63) is 90.5 Å². The van der Waals surface area contributed by atoms with Gasteiger partial charge in [-0.1, -0.05) is 72.8 Å². The first-order valence-corrected chi connectivity index (χ1v) is 9.58. The normalized spacial score (nSPS) is 20.1. The second kappa shape index (κ2) is 14.0. The summed E-state index contributed by atoms with van der Waals surface area (Å²) in [7, 11) is 0.662. The van der Waals surface area contributed by atoms with Gasteiger partial charge in [-0.3, -0.25) is 0 Å². The van der Waals surface area contributed by atoms with Crippen LogP contribution in [-0.2, 0) is 9.47 Å². The smallest absolute Gasteiger partial charge is 0.537 e. The highest BCUT2D eigenvalue weighted by Crippen LogP contribution is 2.19. The van der Waals surface area contributed by atoms with Crippen molar-refractivity contribution >= 4 is 19.3 Å². The molecule has 2 aliphatic rings. The largest absolute Gasteiger partial charge is 0.569 e. The zero-order chi connectivity index (χ0) is 19.9. The number of alkyl halides is 1. The van der Waals surface area contributed by atoms with Crippen molar-refractivity contribution in [2.45, 2.75) is 11.3 Å². The van der Waals surface area contributed by atoms with E-state index in [1.807, 2.05) is 36.4 Å². The summed E-state index contributed by atoms with van der Waals surface area (Å²) in [6.45, 7) is 2.98. The zero-order valence-electron chi connectivity index (χ0n) is 15.7. The number of halogens is 1. The second-order valence-electron chi connectivity index (χ2n) is 6.00. The SMILES string of the molecule is C1=C[C@@H](c2ccccc2)COC1.ClC1C=CCOC1.O[B]Oc1ccccc1. The van der Waals surface area contributed by atoms with E-state index in [1.54, 1.807) is 12.1 Å². The fourth-order valence-corrected chi connectivity index (χ4v) is 2.71. The van der Waals surface area contributed by atoms with Gasteiger partial charge in [0.25, 0.3) is 0 Å². The van der Waals surface area contributed by atoms with E-state index in [0.29, 0.717) is 26.0 Å². The number of hydrogen-bond donors (Lipinski definition) is 1. The van der Waals surface area contributed by atoms with Crippen molar-refractivity contribution in [1.29, 1.82) is 0 Å². The molecule has 1 unspecified atom stereocenters. The summed E-state index contributed by atoms with van der Waals surface area (Å²) in [5, 5.41) is 8.28. The molecule has 28 heavy (non-hydrogen) atoms. The van der Waals surface area contributed by atoms with Gasteiger partial charge in [-0.05, 0) is 17.7 Å². The Kier molecular flexibility index (Phi) is 11.1. The van der Waals surface area contributed by atoms with E-state index >= 15 is 0 Å². The lowest BCUT2D eigenvalue weighted by Gasteiger charge is -2.16. The molecule has 0 bridgehead atoms. The summed E-state index contributed by atoms with van der Waals surface area (Å²) in [6, 6.07) is 19.5. The first kappa shape index (κ1) is 22.2. The average Bonchev–Trinajstić information content (AvgIpc) is 2.77. The van der Waals surface area contributed by atoms with Crippen LogP contribution in [0.5, 0.6) is 5.75 Å². The van der Waals surface area contributed by atoms with E-state index in [-0.39, 0.29) is 5.38 Å². The van der Waals surface area contributed by atoms with Gasteiger partial charge in [0.15, 0.2) is 0 Å². The molecule has 1 radical (unpaired) electrons. The van der Waals surface area contributed by atoms with Gasteiger partial charge in [0, 0.05) is 5.92 Å². The average molecular weight is 400 g/mol. The molecule has 1 N–H and O–H groups in total.